The van der Waals surface area contributed by atoms with E-state index in [0.717, 1.165) is 34.6 Å². The van der Waals surface area contributed by atoms with E-state index < -0.39 is 21.7 Å². The van der Waals surface area contributed by atoms with Crippen LogP contribution in [0, 0.1) is 0 Å². The molecule has 0 unspecified atom stereocenters. The normalized spacial score (nSPS) is 13.1. The van der Waals surface area contributed by atoms with E-state index in [1.54, 1.807) is 24.7 Å². The molecule has 6 heterocycles. The fraction of sp³-hybridized carbons (Fsp3) is 0.324. The molecule has 0 amide bonds. The predicted molar refractivity (Wildman–Crippen MR) is 164 cm³/mol. The Hall–Kier alpha value is -4.65. The van der Waals surface area contributed by atoms with Gasteiger partial charge in [-0.15, -0.1) is 0 Å². The van der Waals surface area contributed by atoms with Crippen molar-refractivity contribution in [2.45, 2.75) is 77.0 Å². The predicted octanol–water partition coefficient (Wildman–Crippen LogP) is 9.78. The number of carbonyl (C=O) groups is 1. The Balaban J connectivity index is 1.21. The fourth-order valence-corrected chi connectivity index (χ4v) is 5.49. The van der Waals surface area contributed by atoms with E-state index in [0.29, 0.717) is 11.5 Å². The van der Waals surface area contributed by atoms with E-state index in [1.165, 1.54) is 0 Å². The molecule has 0 bridgehead atoms. The Kier molecular flexibility index (Phi) is 6.83. The highest BCUT2D eigenvalue weighted by molar-refractivity contribution is 6.05. The van der Waals surface area contributed by atoms with Gasteiger partial charge in [-0.2, -0.15) is 0 Å². The molecule has 6 aromatic heterocycles. The highest BCUT2D eigenvalue weighted by Crippen LogP contribution is 2.41. The summed E-state index contributed by atoms with van der Waals surface area (Å²) >= 11 is 0. The van der Waals surface area contributed by atoms with Gasteiger partial charge in [0.05, 0.1) is 34.2 Å². The van der Waals surface area contributed by atoms with Gasteiger partial charge in [-0.1, -0.05) is 0 Å². The lowest BCUT2D eigenvalue weighted by Crippen LogP contribution is -2.19. The van der Waals surface area contributed by atoms with Gasteiger partial charge < -0.3 is 26.5 Å². The number of hydrogen-bond acceptors (Lipinski definition) is 7. The van der Waals surface area contributed by atoms with Gasteiger partial charge in [-0.05, 0) is 128 Å². The molecule has 0 N–H and O–H groups in total. The van der Waals surface area contributed by atoms with Crippen LogP contribution in [-0.2, 0) is 21.7 Å². The van der Waals surface area contributed by atoms with Crippen LogP contribution in [0.15, 0.2) is 112 Å². The third kappa shape index (κ3) is 4.80. The molecule has 0 aromatic carbocycles. The van der Waals surface area contributed by atoms with Gasteiger partial charge in [0.1, 0.15) is 46.1 Å². The van der Waals surface area contributed by atoms with E-state index in [1.807, 2.05) is 88.4 Å². The molecule has 0 aliphatic carbocycles. The first-order valence-electron chi connectivity index (χ1n) is 14.8. The smallest absolute Gasteiger partial charge is 0.263 e. The summed E-state index contributed by atoms with van der Waals surface area (Å²) in [7, 11) is 0. The van der Waals surface area contributed by atoms with Crippen LogP contribution in [-0.4, -0.2) is 5.78 Å². The lowest BCUT2D eigenvalue weighted by Gasteiger charge is -2.22. The molecule has 6 rings (SSSR count). The fourth-order valence-electron chi connectivity index (χ4n) is 5.49. The molecule has 0 spiro atoms. The van der Waals surface area contributed by atoms with E-state index in [-0.39, 0.29) is 17.3 Å². The first-order valence-corrected chi connectivity index (χ1v) is 14.8. The lowest BCUT2D eigenvalue weighted by atomic mass is 9.87. The van der Waals surface area contributed by atoms with Crippen molar-refractivity contribution in [2.75, 3.05) is 0 Å². The molecule has 0 radical (unpaired) electrons. The molecule has 0 aliphatic rings. The third-order valence-corrected chi connectivity index (χ3v) is 8.84. The Morgan fingerprint density at radius 3 is 1.02 bits per heavy atom. The van der Waals surface area contributed by atoms with Gasteiger partial charge in [-0.25, -0.2) is 0 Å². The van der Waals surface area contributed by atoms with Crippen molar-refractivity contribution in [2.24, 2.45) is 0 Å². The molecule has 7 heteroatoms. The van der Waals surface area contributed by atoms with E-state index in [9.17, 15) is 4.79 Å². The van der Waals surface area contributed by atoms with Crippen molar-refractivity contribution in [3.63, 3.8) is 0 Å². The topological polar surface area (TPSA) is 95.9 Å². The Morgan fingerprint density at radius 1 is 0.409 bits per heavy atom. The van der Waals surface area contributed by atoms with Crippen LogP contribution in [0.4, 0.5) is 0 Å². The van der Waals surface area contributed by atoms with Crippen LogP contribution < -0.4 is 0 Å². The molecular weight excluding hydrogens is 556 g/mol. The molecule has 0 saturated heterocycles. The maximum atomic E-state index is 13.5. The number of rotatable bonds is 10. The van der Waals surface area contributed by atoms with Crippen molar-refractivity contribution in [1.82, 2.24) is 0 Å². The zero-order valence-corrected chi connectivity index (χ0v) is 26.4. The van der Waals surface area contributed by atoms with Gasteiger partial charge in [0.15, 0.2) is 11.5 Å². The van der Waals surface area contributed by atoms with Crippen molar-refractivity contribution >= 4 is 5.78 Å². The molecule has 0 atom stereocenters. The Bertz CT molecular complexity index is 1740. The second-order valence-electron chi connectivity index (χ2n) is 13.4. The highest BCUT2D eigenvalue weighted by atomic mass is 16.4. The Labute approximate surface area is 256 Å². The van der Waals surface area contributed by atoms with Gasteiger partial charge in [0.25, 0.3) is 5.78 Å². The zero-order valence-electron chi connectivity index (χ0n) is 26.4. The van der Waals surface area contributed by atoms with Crippen LogP contribution in [0.25, 0.3) is 0 Å². The molecule has 228 valence electrons. The van der Waals surface area contributed by atoms with Crippen LogP contribution in [0.1, 0.15) is 118 Å². The largest absolute Gasteiger partial charge is 0.468 e. The maximum absolute atomic E-state index is 13.5. The quantitative estimate of drug-likeness (QED) is 0.146. The average molecular weight is 595 g/mol. The first-order chi connectivity index (χ1) is 20.7. The molecule has 0 fully saturated rings. The van der Waals surface area contributed by atoms with Gasteiger partial charge in [-0.3, -0.25) is 4.79 Å². The number of carbonyl (C=O) groups excluding carboxylic acids is 1. The molecule has 0 aliphatic heterocycles. The first kappa shape index (κ1) is 29.4. The molecule has 44 heavy (non-hydrogen) atoms. The SMILES string of the molecule is CC(C)(c1ccco1)c1ccc(C(C)(C)c2ccc(C(=O)c3ccc(C(C)(C)c4ccc(C(C)(C)c5ccco5)o4)o3)o2)o1. The van der Waals surface area contributed by atoms with Crippen molar-refractivity contribution < 1.29 is 31.3 Å². The second-order valence-corrected chi connectivity index (χ2v) is 13.4. The van der Waals surface area contributed by atoms with E-state index in [2.05, 4.69) is 27.7 Å². The minimum atomic E-state index is -0.632. The Morgan fingerprint density at radius 2 is 0.705 bits per heavy atom. The summed E-state index contributed by atoms with van der Waals surface area (Å²) in [6, 6.07) is 22.4. The minimum absolute atomic E-state index is 0.190. The number of hydrogen-bond donors (Lipinski definition) is 0. The van der Waals surface area contributed by atoms with Gasteiger partial charge >= 0.3 is 0 Å². The highest BCUT2D eigenvalue weighted by Gasteiger charge is 2.37. The van der Waals surface area contributed by atoms with Crippen LogP contribution in [0.3, 0.4) is 0 Å². The summed E-state index contributed by atoms with van der Waals surface area (Å²) in [5, 5.41) is 0. The standard InChI is InChI=1S/C37H38O7/c1-34(2,25-11-9-21-39-25)29-17-19-31(43-29)36(5,6)27-15-13-23(41-27)33(38)24-14-16-28(42-24)37(7,8)32-20-18-30(44-32)35(3,4)26-12-10-22-40-26/h9-22H,1-8H3. The summed E-state index contributed by atoms with van der Waals surface area (Å²) in [6.07, 6.45) is 3.32. The van der Waals surface area contributed by atoms with Crippen LogP contribution in [0.2, 0.25) is 0 Å². The van der Waals surface area contributed by atoms with Crippen molar-refractivity contribution in [1.29, 1.82) is 0 Å². The molecule has 0 saturated carbocycles. The van der Waals surface area contributed by atoms with Crippen molar-refractivity contribution in [3.05, 3.63) is 143 Å². The minimum Gasteiger partial charge on any atom is -0.468 e. The van der Waals surface area contributed by atoms with Gasteiger partial charge in [0, 0.05) is 0 Å². The summed E-state index contributed by atoms with van der Waals surface area (Å²) in [6.45, 7) is 16.2. The van der Waals surface area contributed by atoms with E-state index in [4.69, 9.17) is 26.5 Å². The van der Waals surface area contributed by atoms with E-state index >= 15 is 0 Å². The van der Waals surface area contributed by atoms with Crippen LogP contribution >= 0.6 is 0 Å². The summed E-state index contributed by atoms with van der Waals surface area (Å²) in [4.78, 5) is 13.5. The van der Waals surface area contributed by atoms with Crippen LogP contribution in [0.5, 0.6) is 0 Å². The second kappa shape index (κ2) is 10.2. The average Bonchev–Trinajstić information content (AvgIpc) is 3.83. The third-order valence-electron chi connectivity index (χ3n) is 8.84. The summed E-state index contributed by atoms with van der Waals surface area (Å²) in [5.41, 5.74) is -2.15. The monoisotopic (exact) mass is 594 g/mol. The van der Waals surface area contributed by atoms with Crippen molar-refractivity contribution in [3.8, 4) is 0 Å². The molecular formula is C37H38O7. The van der Waals surface area contributed by atoms with Gasteiger partial charge in [0.2, 0.25) is 0 Å². The lowest BCUT2D eigenvalue weighted by molar-refractivity contribution is 0.0976. The number of furan rings is 6. The molecule has 7 nitrogen and oxygen atoms in total. The molecule has 6 aromatic rings. The number of ketones is 1. The maximum Gasteiger partial charge on any atom is 0.263 e. The zero-order chi connectivity index (χ0) is 31.5. The summed E-state index contributed by atoms with van der Waals surface area (Å²) in [5.74, 6) is 5.86. The summed E-state index contributed by atoms with van der Waals surface area (Å²) < 4.78 is 36.2.